The standard InChI is InChI=1S/C17H22N8O/c1-11-8-15(21-17(18)20-11)24-6-3-7-25-12(10-24)9-13(22-25)16(26)14-4-5-19-23(14)2/h4-5,8-9,16,26H,3,6-7,10H2,1-2H3,(H2,18,20,21). The van der Waals surface area contributed by atoms with Crippen molar-refractivity contribution in [2.24, 2.45) is 7.05 Å². The van der Waals surface area contributed by atoms with E-state index in [9.17, 15) is 5.11 Å². The first-order valence-electron chi connectivity index (χ1n) is 8.60. The summed E-state index contributed by atoms with van der Waals surface area (Å²) in [6.45, 7) is 4.22. The first-order valence-corrected chi connectivity index (χ1v) is 8.60. The number of nitrogens with zero attached hydrogens (tertiary/aromatic N) is 7. The molecule has 3 aromatic heterocycles. The Morgan fingerprint density at radius 2 is 2.08 bits per heavy atom. The molecule has 0 saturated heterocycles. The predicted molar refractivity (Wildman–Crippen MR) is 96.3 cm³/mol. The van der Waals surface area contributed by atoms with Gasteiger partial charge in [0.05, 0.1) is 23.6 Å². The molecule has 0 amide bonds. The van der Waals surface area contributed by atoms with Gasteiger partial charge in [0.25, 0.3) is 0 Å². The van der Waals surface area contributed by atoms with Crippen LogP contribution in [0.1, 0.15) is 35.3 Å². The normalized spacial score (nSPS) is 15.6. The first-order chi connectivity index (χ1) is 12.5. The molecule has 0 saturated carbocycles. The van der Waals surface area contributed by atoms with Crippen LogP contribution in [-0.4, -0.2) is 41.2 Å². The minimum atomic E-state index is -0.799. The molecule has 136 valence electrons. The maximum absolute atomic E-state index is 10.6. The molecule has 0 aromatic carbocycles. The predicted octanol–water partition coefficient (Wildman–Crippen LogP) is 0.789. The Kier molecular flexibility index (Phi) is 4.08. The number of hydrogen-bond acceptors (Lipinski definition) is 7. The van der Waals surface area contributed by atoms with Crippen molar-refractivity contribution in [3.05, 3.63) is 47.2 Å². The van der Waals surface area contributed by atoms with Gasteiger partial charge in [0.15, 0.2) is 0 Å². The Morgan fingerprint density at radius 1 is 1.23 bits per heavy atom. The number of rotatable bonds is 3. The summed E-state index contributed by atoms with van der Waals surface area (Å²) in [7, 11) is 1.81. The molecule has 0 bridgehead atoms. The van der Waals surface area contributed by atoms with Crippen LogP contribution in [0.25, 0.3) is 0 Å². The highest BCUT2D eigenvalue weighted by molar-refractivity contribution is 5.44. The van der Waals surface area contributed by atoms with Crippen LogP contribution < -0.4 is 10.6 Å². The van der Waals surface area contributed by atoms with E-state index in [0.717, 1.165) is 36.7 Å². The van der Waals surface area contributed by atoms with Gasteiger partial charge < -0.3 is 15.7 Å². The quantitative estimate of drug-likeness (QED) is 0.715. The van der Waals surface area contributed by atoms with Crippen molar-refractivity contribution in [3.8, 4) is 0 Å². The highest BCUT2D eigenvalue weighted by Crippen LogP contribution is 2.25. The summed E-state index contributed by atoms with van der Waals surface area (Å²) in [4.78, 5) is 10.7. The molecule has 1 aliphatic rings. The van der Waals surface area contributed by atoms with E-state index in [1.54, 1.807) is 16.9 Å². The molecule has 9 nitrogen and oxygen atoms in total. The Bertz CT molecular complexity index is 910. The van der Waals surface area contributed by atoms with E-state index in [1.807, 2.05) is 30.8 Å². The molecule has 3 N–H and O–H groups in total. The van der Waals surface area contributed by atoms with Gasteiger partial charge in [-0.3, -0.25) is 9.36 Å². The molecule has 1 atom stereocenters. The largest absolute Gasteiger partial charge is 0.380 e. The number of aryl methyl sites for hydroxylation is 3. The van der Waals surface area contributed by atoms with Crippen LogP contribution in [0.5, 0.6) is 0 Å². The molecule has 3 aromatic rings. The summed E-state index contributed by atoms with van der Waals surface area (Å²) in [5, 5.41) is 19.4. The summed E-state index contributed by atoms with van der Waals surface area (Å²) >= 11 is 0. The number of aromatic nitrogens is 6. The number of aliphatic hydroxyl groups excluding tert-OH is 1. The smallest absolute Gasteiger partial charge is 0.222 e. The van der Waals surface area contributed by atoms with E-state index in [0.29, 0.717) is 17.9 Å². The van der Waals surface area contributed by atoms with Crippen molar-refractivity contribution >= 4 is 11.8 Å². The third-order valence-corrected chi connectivity index (χ3v) is 4.63. The first kappa shape index (κ1) is 16.5. The van der Waals surface area contributed by atoms with Gasteiger partial charge in [0.2, 0.25) is 5.95 Å². The van der Waals surface area contributed by atoms with Gasteiger partial charge in [-0.05, 0) is 25.5 Å². The number of hydrogen-bond donors (Lipinski definition) is 2. The molecule has 26 heavy (non-hydrogen) atoms. The topological polar surface area (TPSA) is 111 Å². The minimum Gasteiger partial charge on any atom is -0.380 e. The van der Waals surface area contributed by atoms with E-state index in [4.69, 9.17) is 5.73 Å². The monoisotopic (exact) mass is 354 g/mol. The molecular formula is C17H22N8O. The molecule has 1 aliphatic heterocycles. The van der Waals surface area contributed by atoms with Crippen molar-refractivity contribution in [2.45, 2.75) is 32.5 Å². The van der Waals surface area contributed by atoms with E-state index >= 15 is 0 Å². The maximum atomic E-state index is 10.6. The van der Waals surface area contributed by atoms with E-state index in [2.05, 4.69) is 25.1 Å². The lowest BCUT2D eigenvalue weighted by atomic mass is 10.2. The molecule has 4 rings (SSSR count). The van der Waals surface area contributed by atoms with E-state index in [1.165, 1.54) is 0 Å². The summed E-state index contributed by atoms with van der Waals surface area (Å²) in [5.74, 6) is 1.10. The van der Waals surface area contributed by atoms with E-state index < -0.39 is 6.10 Å². The highest BCUT2D eigenvalue weighted by atomic mass is 16.3. The molecule has 0 aliphatic carbocycles. The molecule has 4 heterocycles. The summed E-state index contributed by atoms with van der Waals surface area (Å²) in [6.07, 6.45) is 1.80. The van der Waals surface area contributed by atoms with Gasteiger partial charge in [-0.15, -0.1) is 0 Å². The van der Waals surface area contributed by atoms with Crippen LogP contribution in [0, 0.1) is 6.92 Å². The molecule has 0 fully saturated rings. The van der Waals surface area contributed by atoms with Crippen LogP contribution in [-0.2, 0) is 20.1 Å². The second-order valence-electron chi connectivity index (χ2n) is 6.57. The Morgan fingerprint density at radius 3 is 2.81 bits per heavy atom. The molecule has 9 heteroatoms. The van der Waals surface area contributed by atoms with Crippen LogP contribution in [0.3, 0.4) is 0 Å². The SMILES string of the molecule is Cc1cc(N2CCCn3nc(C(O)c4ccnn4C)cc3C2)nc(N)n1. The van der Waals surface area contributed by atoms with Gasteiger partial charge in [0.1, 0.15) is 11.9 Å². The number of anilines is 2. The average Bonchev–Trinajstić information content (AvgIpc) is 3.14. The van der Waals surface area contributed by atoms with Gasteiger partial charge in [0, 0.05) is 38.1 Å². The summed E-state index contributed by atoms with van der Waals surface area (Å²) in [5.41, 5.74) is 9.03. The number of nitrogens with two attached hydrogens (primary N) is 1. The zero-order valence-electron chi connectivity index (χ0n) is 14.9. The van der Waals surface area contributed by atoms with Gasteiger partial charge in [-0.2, -0.15) is 15.2 Å². The average molecular weight is 354 g/mol. The van der Waals surface area contributed by atoms with Crippen molar-refractivity contribution in [1.29, 1.82) is 0 Å². The Hall–Kier alpha value is -2.94. The molecule has 0 spiro atoms. The summed E-state index contributed by atoms with van der Waals surface area (Å²) in [6, 6.07) is 5.69. The molecular weight excluding hydrogens is 332 g/mol. The third-order valence-electron chi connectivity index (χ3n) is 4.63. The Labute approximate surface area is 151 Å². The van der Waals surface area contributed by atoms with Crippen LogP contribution in [0.15, 0.2) is 24.4 Å². The molecule has 1 unspecified atom stereocenters. The van der Waals surface area contributed by atoms with E-state index in [-0.39, 0.29) is 5.95 Å². The van der Waals surface area contributed by atoms with Gasteiger partial charge in [-0.25, -0.2) is 4.98 Å². The van der Waals surface area contributed by atoms with Crippen LogP contribution in [0.4, 0.5) is 11.8 Å². The number of nitrogen functional groups attached to an aromatic ring is 1. The summed E-state index contributed by atoms with van der Waals surface area (Å²) < 4.78 is 3.63. The molecule has 0 radical (unpaired) electrons. The zero-order valence-corrected chi connectivity index (χ0v) is 14.9. The van der Waals surface area contributed by atoms with Crippen molar-refractivity contribution in [2.75, 3.05) is 17.2 Å². The van der Waals surface area contributed by atoms with Gasteiger partial charge >= 0.3 is 0 Å². The van der Waals surface area contributed by atoms with Crippen molar-refractivity contribution < 1.29 is 5.11 Å². The maximum Gasteiger partial charge on any atom is 0.222 e. The van der Waals surface area contributed by atoms with Gasteiger partial charge in [-0.1, -0.05) is 0 Å². The lowest BCUT2D eigenvalue weighted by Gasteiger charge is -2.21. The lowest BCUT2D eigenvalue weighted by molar-refractivity contribution is 0.203. The fraction of sp³-hybridized carbons (Fsp3) is 0.412. The van der Waals surface area contributed by atoms with Crippen LogP contribution in [0.2, 0.25) is 0 Å². The Balaban J connectivity index is 1.63. The van der Waals surface area contributed by atoms with Crippen molar-refractivity contribution in [1.82, 2.24) is 29.5 Å². The van der Waals surface area contributed by atoms with Crippen LogP contribution >= 0.6 is 0 Å². The highest BCUT2D eigenvalue weighted by Gasteiger charge is 2.23. The minimum absolute atomic E-state index is 0.282. The second-order valence-corrected chi connectivity index (χ2v) is 6.57. The number of fused-ring (bicyclic) bond motifs is 1. The second kappa shape index (κ2) is 6.41. The zero-order chi connectivity index (χ0) is 18.3. The fourth-order valence-corrected chi connectivity index (χ4v) is 3.35. The lowest BCUT2D eigenvalue weighted by Crippen LogP contribution is -2.24. The van der Waals surface area contributed by atoms with Crippen molar-refractivity contribution in [3.63, 3.8) is 0 Å². The number of aliphatic hydroxyl groups is 1. The fourth-order valence-electron chi connectivity index (χ4n) is 3.35. The third kappa shape index (κ3) is 3.01.